The number of hydrogen-bond donors (Lipinski definition) is 1. The molecule has 1 saturated heterocycles. The molecule has 0 aromatic carbocycles. The molecular weight excluding hydrogens is 332 g/mol. The van der Waals surface area contributed by atoms with Crippen LogP contribution < -0.4 is 5.32 Å². The predicted molar refractivity (Wildman–Crippen MR) is 103 cm³/mol. The Morgan fingerprint density at radius 2 is 1.73 bits per heavy atom. The average Bonchev–Trinajstić information content (AvgIpc) is 2.53. The van der Waals surface area contributed by atoms with Crippen LogP contribution in [0.3, 0.4) is 0 Å². The molecule has 152 valence electrons. The molecule has 1 heterocycles. The minimum absolute atomic E-state index is 0.104. The maximum absolute atomic E-state index is 12.7. The molecule has 0 spiro atoms. The van der Waals surface area contributed by atoms with E-state index in [1.165, 1.54) is 0 Å². The molecular formula is C20H38N2O4. The van der Waals surface area contributed by atoms with Crippen LogP contribution in [-0.2, 0) is 19.1 Å². The van der Waals surface area contributed by atoms with E-state index in [4.69, 9.17) is 9.47 Å². The number of carbonyl (C=O) groups is 2. The van der Waals surface area contributed by atoms with Crippen molar-refractivity contribution in [1.29, 1.82) is 0 Å². The standard InChI is InChI=1S/C20H38N2O4/c1-6-25-18(23)11-9-7-8-10-12-21-20(24)19(15(2)3)22-13-16(4)26-17(5)14-22/h15-17,19H,6-14H2,1-5H3,(H,21,24). The van der Waals surface area contributed by atoms with Crippen molar-refractivity contribution in [2.75, 3.05) is 26.2 Å². The van der Waals surface area contributed by atoms with Crippen molar-refractivity contribution >= 4 is 11.9 Å². The highest BCUT2D eigenvalue weighted by atomic mass is 16.5. The number of carbonyl (C=O) groups excluding carboxylic acids is 2. The summed E-state index contributed by atoms with van der Waals surface area (Å²) in [6.07, 6.45) is 4.60. The quantitative estimate of drug-likeness (QED) is 0.447. The average molecular weight is 371 g/mol. The van der Waals surface area contributed by atoms with Crippen molar-refractivity contribution in [3.63, 3.8) is 0 Å². The highest BCUT2D eigenvalue weighted by Gasteiger charge is 2.33. The lowest BCUT2D eigenvalue weighted by molar-refractivity contribution is -0.143. The van der Waals surface area contributed by atoms with Gasteiger partial charge in [0.1, 0.15) is 0 Å². The molecule has 6 heteroatoms. The zero-order valence-corrected chi connectivity index (χ0v) is 17.3. The topological polar surface area (TPSA) is 67.9 Å². The summed E-state index contributed by atoms with van der Waals surface area (Å²) in [5.74, 6) is 0.263. The van der Waals surface area contributed by atoms with Gasteiger partial charge >= 0.3 is 5.97 Å². The van der Waals surface area contributed by atoms with E-state index in [0.29, 0.717) is 19.6 Å². The maximum atomic E-state index is 12.7. The molecule has 26 heavy (non-hydrogen) atoms. The summed E-state index contributed by atoms with van der Waals surface area (Å²) in [6.45, 7) is 12.9. The fourth-order valence-corrected chi connectivity index (χ4v) is 3.63. The van der Waals surface area contributed by atoms with Crippen molar-refractivity contribution in [1.82, 2.24) is 10.2 Å². The van der Waals surface area contributed by atoms with Crippen LogP contribution in [0.2, 0.25) is 0 Å². The third-order valence-corrected chi connectivity index (χ3v) is 4.65. The molecule has 0 aliphatic carbocycles. The summed E-state index contributed by atoms with van der Waals surface area (Å²) < 4.78 is 10.7. The monoisotopic (exact) mass is 370 g/mol. The van der Waals surface area contributed by atoms with Gasteiger partial charge in [-0.2, -0.15) is 0 Å². The highest BCUT2D eigenvalue weighted by molar-refractivity contribution is 5.82. The van der Waals surface area contributed by atoms with Crippen molar-refractivity contribution in [3.8, 4) is 0 Å². The van der Waals surface area contributed by atoms with Crippen LogP contribution in [0.25, 0.3) is 0 Å². The molecule has 3 atom stereocenters. The summed E-state index contributed by atoms with van der Waals surface area (Å²) in [5, 5.41) is 3.10. The second kappa shape index (κ2) is 12.3. The third kappa shape index (κ3) is 8.49. The molecule has 0 radical (unpaired) electrons. The number of esters is 1. The molecule has 1 fully saturated rings. The Morgan fingerprint density at radius 3 is 2.31 bits per heavy atom. The number of unbranched alkanes of at least 4 members (excludes halogenated alkanes) is 3. The molecule has 0 bridgehead atoms. The summed E-state index contributed by atoms with van der Waals surface area (Å²) in [4.78, 5) is 26.2. The summed E-state index contributed by atoms with van der Waals surface area (Å²) in [5.41, 5.74) is 0. The van der Waals surface area contributed by atoms with Gasteiger partial charge in [-0.05, 0) is 39.5 Å². The minimum Gasteiger partial charge on any atom is -0.466 e. The zero-order valence-electron chi connectivity index (χ0n) is 17.3. The van der Waals surface area contributed by atoms with Crippen LogP contribution in [0.1, 0.15) is 66.7 Å². The molecule has 6 nitrogen and oxygen atoms in total. The van der Waals surface area contributed by atoms with Crippen LogP contribution in [0, 0.1) is 5.92 Å². The van der Waals surface area contributed by atoms with Gasteiger partial charge in [0.15, 0.2) is 0 Å². The zero-order chi connectivity index (χ0) is 19.5. The SMILES string of the molecule is CCOC(=O)CCCCCCNC(=O)C(C(C)C)N1CC(C)OC(C)C1. The number of rotatable bonds is 11. The minimum atomic E-state index is -0.116. The fraction of sp³-hybridized carbons (Fsp3) is 0.900. The summed E-state index contributed by atoms with van der Waals surface area (Å²) >= 11 is 0. The first kappa shape index (κ1) is 22.9. The highest BCUT2D eigenvalue weighted by Crippen LogP contribution is 2.18. The molecule has 1 N–H and O–H groups in total. The molecule has 0 aromatic rings. The summed E-state index contributed by atoms with van der Waals surface area (Å²) in [6, 6.07) is -0.104. The first-order valence-electron chi connectivity index (χ1n) is 10.2. The summed E-state index contributed by atoms with van der Waals surface area (Å²) in [7, 11) is 0. The molecule has 0 saturated carbocycles. The lowest BCUT2D eigenvalue weighted by Crippen LogP contribution is -2.57. The first-order chi connectivity index (χ1) is 12.3. The van der Waals surface area contributed by atoms with Gasteiger partial charge in [0, 0.05) is 26.1 Å². The van der Waals surface area contributed by atoms with Crippen LogP contribution >= 0.6 is 0 Å². The first-order valence-corrected chi connectivity index (χ1v) is 10.2. The second-order valence-corrected chi connectivity index (χ2v) is 7.66. The van der Waals surface area contributed by atoms with Crippen molar-refractivity contribution < 1.29 is 19.1 Å². The number of amides is 1. The Hall–Kier alpha value is -1.14. The van der Waals surface area contributed by atoms with Gasteiger partial charge in [-0.3, -0.25) is 14.5 Å². The van der Waals surface area contributed by atoms with E-state index < -0.39 is 0 Å². The Bertz CT molecular complexity index is 418. The van der Waals surface area contributed by atoms with Crippen LogP contribution in [0.4, 0.5) is 0 Å². The van der Waals surface area contributed by atoms with E-state index in [0.717, 1.165) is 38.8 Å². The van der Waals surface area contributed by atoms with Crippen LogP contribution in [-0.4, -0.2) is 61.3 Å². The Morgan fingerprint density at radius 1 is 1.12 bits per heavy atom. The van der Waals surface area contributed by atoms with Gasteiger partial charge in [-0.1, -0.05) is 26.7 Å². The van der Waals surface area contributed by atoms with Crippen molar-refractivity contribution in [2.24, 2.45) is 5.92 Å². The molecule has 1 rings (SSSR count). The largest absolute Gasteiger partial charge is 0.466 e. The van der Waals surface area contributed by atoms with E-state index in [9.17, 15) is 9.59 Å². The van der Waals surface area contributed by atoms with E-state index in [1.807, 2.05) is 6.92 Å². The van der Waals surface area contributed by atoms with Crippen LogP contribution in [0.5, 0.6) is 0 Å². The number of ether oxygens (including phenoxy) is 2. The second-order valence-electron chi connectivity index (χ2n) is 7.66. The maximum Gasteiger partial charge on any atom is 0.305 e. The predicted octanol–water partition coefficient (Wildman–Crippen LogP) is 2.75. The van der Waals surface area contributed by atoms with Gasteiger partial charge in [-0.25, -0.2) is 0 Å². The molecule has 1 amide bonds. The fourth-order valence-electron chi connectivity index (χ4n) is 3.63. The number of hydrogen-bond acceptors (Lipinski definition) is 5. The third-order valence-electron chi connectivity index (χ3n) is 4.65. The molecule has 1 aliphatic heterocycles. The Kier molecular flexibility index (Phi) is 10.8. The van der Waals surface area contributed by atoms with Gasteiger partial charge in [0.25, 0.3) is 0 Å². The van der Waals surface area contributed by atoms with E-state index in [2.05, 4.69) is 37.9 Å². The number of nitrogens with one attached hydrogen (secondary N) is 1. The van der Waals surface area contributed by atoms with Crippen LogP contribution in [0.15, 0.2) is 0 Å². The lowest BCUT2D eigenvalue weighted by atomic mass is 9.99. The van der Waals surface area contributed by atoms with Crippen molar-refractivity contribution in [2.45, 2.75) is 85.0 Å². The van der Waals surface area contributed by atoms with Gasteiger partial charge in [0.2, 0.25) is 5.91 Å². The van der Waals surface area contributed by atoms with Gasteiger partial charge in [0.05, 0.1) is 24.9 Å². The molecule has 3 unspecified atom stereocenters. The molecule has 1 aliphatic rings. The van der Waals surface area contributed by atoms with E-state index >= 15 is 0 Å². The Balaban J connectivity index is 2.27. The smallest absolute Gasteiger partial charge is 0.305 e. The van der Waals surface area contributed by atoms with Gasteiger partial charge < -0.3 is 14.8 Å². The van der Waals surface area contributed by atoms with E-state index in [-0.39, 0.29) is 36.0 Å². The van der Waals surface area contributed by atoms with Gasteiger partial charge in [-0.15, -0.1) is 0 Å². The van der Waals surface area contributed by atoms with Crippen molar-refractivity contribution in [3.05, 3.63) is 0 Å². The number of morpholine rings is 1. The molecule has 0 aromatic heterocycles. The number of nitrogens with zero attached hydrogens (tertiary/aromatic N) is 1. The van der Waals surface area contributed by atoms with E-state index in [1.54, 1.807) is 0 Å². The Labute approximate surface area is 159 Å². The normalized spacial score (nSPS) is 22.2. The lowest BCUT2D eigenvalue weighted by Gasteiger charge is -2.41.